The molecule has 2 aliphatic heterocycles. The predicted octanol–water partition coefficient (Wildman–Crippen LogP) is 3.27. The molecule has 0 aliphatic carbocycles. The molecule has 1 N–H and O–H groups in total. The van der Waals surface area contributed by atoms with Crippen LogP contribution in [0.4, 0.5) is 0 Å². The van der Waals surface area contributed by atoms with Gasteiger partial charge in [0.1, 0.15) is 0 Å². The summed E-state index contributed by atoms with van der Waals surface area (Å²) in [7, 11) is -3.85. The number of nitrogens with zero attached hydrogens (tertiary/aromatic N) is 2. The highest BCUT2D eigenvalue weighted by Crippen LogP contribution is 2.26. The van der Waals surface area contributed by atoms with Crippen molar-refractivity contribution in [3.8, 4) is 11.1 Å². The van der Waals surface area contributed by atoms with Gasteiger partial charge < -0.3 is 14.0 Å². The fourth-order valence-corrected chi connectivity index (χ4v) is 6.14. The van der Waals surface area contributed by atoms with Crippen LogP contribution in [0.2, 0.25) is 0 Å². The molecule has 0 saturated carbocycles. The van der Waals surface area contributed by atoms with Crippen LogP contribution < -0.4 is 11.0 Å². The van der Waals surface area contributed by atoms with Gasteiger partial charge in [-0.15, -0.1) is 0 Å². The number of aryl methyl sites for hydroxylation is 1. The van der Waals surface area contributed by atoms with Crippen molar-refractivity contribution in [1.29, 1.82) is 0 Å². The van der Waals surface area contributed by atoms with Gasteiger partial charge in [-0.05, 0) is 66.5 Å². The molecule has 226 valence electrons. The molecular formula is C31H39N3O7S. The molecule has 10 nitrogen and oxygen atoms in total. The van der Waals surface area contributed by atoms with Gasteiger partial charge in [-0.1, -0.05) is 30.3 Å². The number of hydrogen-bond acceptors (Lipinski definition) is 8. The number of carbonyl (C=O) groups is 1. The molecule has 1 aromatic heterocycles. The second-order valence-electron chi connectivity index (χ2n) is 11.3. The number of amides is 1. The molecule has 1 unspecified atom stereocenters. The van der Waals surface area contributed by atoms with Crippen molar-refractivity contribution in [2.75, 3.05) is 39.2 Å². The maximum atomic E-state index is 13.3. The monoisotopic (exact) mass is 597 g/mol. The smallest absolute Gasteiger partial charge is 0.264 e. The van der Waals surface area contributed by atoms with Crippen molar-refractivity contribution in [3.63, 3.8) is 0 Å². The van der Waals surface area contributed by atoms with Gasteiger partial charge in [0.05, 0.1) is 13.2 Å². The Morgan fingerprint density at radius 2 is 1.79 bits per heavy atom. The van der Waals surface area contributed by atoms with Gasteiger partial charge in [-0.2, -0.15) is 0 Å². The third-order valence-corrected chi connectivity index (χ3v) is 10.3. The van der Waals surface area contributed by atoms with E-state index in [-0.39, 0.29) is 18.5 Å². The Bertz CT molecular complexity index is 1560. The molecule has 2 atom stereocenters. The summed E-state index contributed by atoms with van der Waals surface area (Å²) in [6, 6.07) is 16.0. The number of carbonyl (C=O) groups excluding carboxylic acids is 1. The summed E-state index contributed by atoms with van der Waals surface area (Å²) in [4.78, 5) is 34.1. The predicted molar refractivity (Wildman–Crippen MR) is 160 cm³/mol. The Balaban J connectivity index is 1.27. The van der Waals surface area contributed by atoms with E-state index in [1.54, 1.807) is 12.3 Å². The summed E-state index contributed by atoms with van der Waals surface area (Å²) in [6.07, 6.45) is 4.39. The molecule has 2 fully saturated rings. The lowest BCUT2D eigenvalue weighted by Crippen LogP contribution is -2.51. The first-order valence-corrected chi connectivity index (χ1v) is 16.3. The maximum absolute atomic E-state index is 13.3. The van der Waals surface area contributed by atoms with E-state index in [2.05, 4.69) is 34.6 Å². The summed E-state index contributed by atoms with van der Waals surface area (Å²) in [5, 5.41) is 1.31. The molecule has 3 heterocycles. The normalized spacial score (nSPS) is 19.8. The van der Waals surface area contributed by atoms with Crippen LogP contribution in [0.1, 0.15) is 38.2 Å². The van der Waals surface area contributed by atoms with E-state index >= 15 is 0 Å². The summed E-state index contributed by atoms with van der Waals surface area (Å²) in [6.45, 7) is 6.23. The van der Waals surface area contributed by atoms with Crippen molar-refractivity contribution in [2.24, 2.45) is 0 Å². The minimum Gasteiger partial charge on any atom is -0.379 e. The molecule has 2 saturated heterocycles. The molecule has 0 spiro atoms. The fourth-order valence-electron chi connectivity index (χ4n) is 5.30. The summed E-state index contributed by atoms with van der Waals surface area (Å²) in [5.41, 5.74) is 5.34. The lowest BCUT2D eigenvalue weighted by molar-refractivity contribution is -0.201. The summed E-state index contributed by atoms with van der Waals surface area (Å²) >= 11 is 0. The Hall–Kier alpha value is -3.09. The first-order chi connectivity index (χ1) is 20.1. The van der Waals surface area contributed by atoms with Gasteiger partial charge in [-0.3, -0.25) is 14.5 Å². The molecule has 0 bridgehead atoms. The van der Waals surface area contributed by atoms with E-state index in [4.69, 9.17) is 14.3 Å². The van der Waals surface area contributed by atoms with Crippen molar-refractivity contribution in [2.45, 2.75) is 56.7 Å². The number of hydroxylamine groups is 1. The topological polar surface area (TPSA) is 116 Å². The SMILES string of the molecule is C[C@@](CCn1ccc2cc(-c3ccc(CN4CCOCC4)cc3)ccc2c1=O)(C(=O)NOC1CCCCO1)S(C)(=O)=O. The van der Waals surface area contributed by atoms with Crippen LogP contribution >= 0.6 is 0 Å². The second-order valence-corrected chi connectivity index (χ2v) is 13.7. The summed E-state index contributed by atoms with van der Waals surface area (Å²) in [5.74, 6) is -0.784. The lowest BCUT2D eigenvalue weighted by Gasteiger charge is -2.28. The molecule has 3 aromatic rings. The van der Waals surface area contributed by atoms with Gasteiger partial charge >= 0.3 is 0 Å². The number of sulfone groups is 1. The van der Waals surface area contributed by atoms with Crippen LogP contribution in [-0.4, -0.2) is 74.0 Å². The minimum atomic E-state index is -3.85. The molecular weight excluding hydrogens is 558 g/mol. The zero-order valence-corrected chi connectivity index (χ0v) is 25.0. The zero-order chi connectivity index (χ0) is 29.7. The van der Waals surface area contributed by atoms with E-state index in [9.17, 15) is 18.0 Å². The second kappa shape index (κ2) is 13.0. The molecule has 2 aromatic carbocycles. The van der Waals surface area contributed by atoms with Crippen LogP contribution in [0.5, 0.6) is 0 Å². The van der Waals surface area contributed by atoms with Crippen molar-refractivity contribution < 1.29 is 27.5 Å². The molecule has 42 heavy (non-hydrogen) atoms. The quantitative estimate of drug-likeness (QED) is 0.354. The highest BCUT2D eigenvalue weighted by molar-refractivity contribution is 7.92. The molecule has 0 radical (unpaired) electrons. The third-order valence-electron chi connectivity index (χ3n) is 8.32. The number of morpholine rings is 1. The molecule has 1 amide bonds. The highest BCUT2D eigenvalue weighted by atomic mass is 32.2. The van der Waals surface area contributed by atoms with Crippen LogP contribution in [0.3, 0.4) is 0 Å². The highest BCUT2D eigenvalue weighted by Gasteiger charge is 2.44. The van der Waals surface area contributed by atoms with Gasteiger partial charge in [0, 0.05) is 57.0 Å². The summed E-state index contributed by atoms with van der Waals surface area (Å²) < 4.78 is 36.0. The standard InChI is InChI=1S/C31H39N3O7S/c1-31(42(2,37)38,30(36)32-41-28-5-3-4-18-40-28)13-15-34-14-12-26-21-25(10-11-27(26)29(34)35)24-8-6-23(7-9-24)22-33-16-19-39-20-17-33/h6-12,14,21,28H,3-5,13,15-20,22H2,1-2H3,(H,32,36)/t28?,31-/m1/s1. The third kappa shape index (κ3) is 6.92. The number of pyridine rings is 1. The van der Waals surface area contributed by atoms with Gasteiger partial charge in [0.15, 0.2) is 20.9 Å². The van der Waals surface area contributed by atoms with Crippen molar-refractivity contribution >= 4 is 26.5 Å². The van der Waals surface area contributed by atoms with Gasteiger partial charge in [0.2, 0.25) is 0 Å². The zero-order valence-electron chi connectivity index (χ0n) is 24.2. The Kier molecular flexibility index (Phi) is 9.44. The van der Waals surface area contributed by atoms with E-state index in [1.165, 1.54) is 17.1 Å². The Morgan fingerprint density at radius 3 is 2.48 bits per heavy atom. The molecule has 5 rings (SSSR count). The van der Waals surface area contributed by atoms with E-state index < -0.39 is 26.8 Å². The average Bonchev–Trinajstić information content (AvgIpc) is 3.00. The van der Waals surface area contributed by atoms with Crippen LogP contribution in [0, 0.1) is 0 Å². The van der Waals surface area contributed by atoms with Gasteiger partial charge in [0.25, 0.3) is 11.5 Å². The largest absolute Gasteiger partial charge is 0.379 e. The minimum absolute atomic E-state index is 0.0397. The van der Waals surface area contributed by atoms with Crippen molar-refractivity contribution in [1.82, 2.24) is 14.9 Å². The number of aromatic nitrogens is 1. The number of hydrogen-bond donors (Lipinski definition) is 1. The lowest BCUT2D eigenvalue weighted by atomic mass is 10.0. The van der Waals surface area contributed by atoms with Gasteiger partial charge in [-0.25, -0.2) is 18.7 Å². The average molecular weight is 598 g/mol. The Morgan fingerprint density at radius 1 is 1.05 bits per heavy atom. The van der Waals surface area contributed by atoms with Crippen LogP contribution in [-0.2, 0) is 42.0 Å². The Labute approximate surface area is 246 Å². The maximum Gasteiger partial charge on any atom is 0.264 e. The van der Waals surface area contributed by atoms with Crippen LogP contribution in [0.25, 0.3) is 21.9 Å². The van der Waals surface area contributed by atoms with E-state index in [0.717, 1.165) is 68.5 Å². The fraction of sp³-hybridized carbons (Fsp3) is 0.484. The molecule has 11 heteroatoms. The van der Waals surface area contributed by atoms with E-state index in [0.29, 0.717) is 18.4 Å². The number of fused-ring (bicyclic) bond motifs is 1. The molecule has 2 aliphatic rings. The van der Waals surface area contributed by atoms with Crippen LogP contribution in [0.15, 0.2) is 59.5 Å². The number of benzene rings is 2. The first-order valence-electron chi connectivity index (χ1n) is 14.4. The number of rotatable bonds is 10. The number of nitrogens with one attached hydrogen (secondary N) is 1. The number of ether oxygens (including phenoxy) is 2. The van der Waals surface area contributed by atoms with Crippen molar-refractivity contribution in [3.05, 3.63) is 70.6 Å². The van der Waals surface area contributed by atoms with E-state index in [1.807, 2.05) is 18.2 Å². The first kappa shape index (κ1) is 30.4.